The molecule has 0 aliphatic carbocycles. The fourth-order valence-corrected chi connectivity index (χ4v) is 3.29. The molecule has 1 unspecified atom stereocenters. The Bertz CT molecular complexity index is 397. The van der Waals surface area contributed by atoms with Crippen molar-refractivity contribution in [1.29, 1.82) is 0 Å². The van der Waals surface area contributed by atoms with Crippen LogP contribution in [0.4, 0.5) is 0 Å². The number of aliphatic hydroxyl groups excluding tert-OH is 1. The smallest absolute Gasteiger partial charge is 0.0558 e. The minimum absolute atomic E-state index is 0.267. The highest BCUT2D eigenvalue weighted by Crippen LogP contribution is 2.24. The molecule has 0 spiro atoms. The molecule has 0 saturated carbocycles. The van der Waals surface area contributed by atoms with Crippen molar-refractivity contribution >= 4 is 0 Å². The van der Waals surface area contributed by atoms with Crippen LogP contribution in [0.25, 0.3) is 0 Å². The molecule has 4 nitrogen and oxygen atoms in total. The molecule has 1 N–H and O–H groups in total. The van der Waals surface area contributed by atoms with E-state index in [0.29, 0.717) is 6.04 Å². The third-order valence-corrected chi connectivity index (χ3v) is 4.75. The maximum absolute atomic E-state index is 9.00. The molecule has 4 heteroatoms. The molecule has 0 amide bonds. The van der Waals surface area contributed by atoms with Gasteiger partial charge in [-0.2, -0.15) is 0 Å². The second-order valence-electron chi connectivity index (χ2n) is 6.10. The van der Waals surface area contributed by atoms with E-state index < -0.39 is 0 Å². The van der Waals surface area contributed by atoms with Gasteiger partial charge >= 0.3 is 0 Å². The molecule has 0 radical (unpaired) electrons. The molecule has 118 valence electrons. The van der Waals surface area contributed by atoms with E-state index in [-0.39, 0.29) is 6.61 Å². The number of piperazine rings is 1. The zero-order valence-corrected chi connectivity index (χ0v) is 13.3. The van der Waals surface area contributed by atoms with E-state index in [4.69, 9.17) is 5.11 Å². The Kier molecular flexibility index (Phi) is 6.18. The number of nitrogens with zero attached hydrogens (tertiary/aromatic N) is 3. The first-order valence-corrected chi connectivity index (χ1v) is 7.90. The Balaban J connectivity index is 1.88. The number of β-amino-alcohol motifs (C(OH)–C–C–N with tert-alkyl or cyclic N) is 1. The van der Waals surface area contributed by atoms with Gasteiger partial charge in [0.2, 0.25) is 0 Å². The summed E-state index contributed by atoms with van der Waals surface area (Å²) >= 11 is 0. The van der Waals surface area contributed by atoms with Gasteiger partial charge in [-0.05, 0) is 24.6 Å². The van der Waals surface area contributed by atoms with Crippen LogP contribution in [0.2, 0.25) is 0 Å². The van der Waals surface area contributed by atoms with Gasteiger partial charge < -0.3 is 5.11 Å². The highest BCUT2D eigenvalue weighted by Gasteiger charge is 2.26. The van der Waals surface area contributed by atoms with Crippen LogP contribution in [0.15, 0.2) is 36.5 Å². The molecule has 1 fully saturated rings. The molecule has 2 heterocycles. The summed E-state index contributed by atoms with van der Waals surface area (Å²) in [5.74, 6) is 0. The van der Waals surface area contributed by atoms with E-state index >= 15 is 0 Å². The zero-order valence-electron chi connectivity index (χ0n) is 13.3. The minimum Gasteiger partial charge on any atom is -0.395 e. The maximum Gasteiger partial charge on any atom is 0.0558 e. The van der Waals surface area contributed by atoms with E-state index in [1.807, 2.05) is 12.2 Å². The predicted molar refractivity (Wildman–Crippen MR) is 88.4 cm³/mol. The number of hydrogen-bond acceptors (Lipinski definition) is 4. The molecule has 1 atom stereocenters. The standard InChI is InChI=1S/C17H29N3O/c1-4-15-12-17(18(3)13-16(15)5-2)14-20-8-6-19(7-9-20)10-11-21/h4-5,17,21H,1-2,6-14H2,3H3. The van der Waals surface area contributed by atoms with Gasteiger partial charge in [-0.1, -0.05) is 25.3 Å². The van der Waals surface area contributed by atoms with Crippen LogP contribution in [-0.2, 0) is 0 Å². The van der Waals surface area contributed by atoms with E-state index in [0.717, 1.165) is 52.2 Å². The van der Waals surface area contributed by atoms with Crippen molar-refractivity contribution < 1.29 is 5.11 Å². The molecule has 0 aromatic rings. The van der Waals surface area contributed by atoms with Crippen LogP contribution < -0.4 is 0 Å². The van der Waals surface area contributed by atoms with Crippen molar-refractivity contribution in [3.05, 3.63) is 36.5 Å². The quantitative estimate of drug-likeness (QED) is 0.790. The lowest BCUT2D eigenvalue weighted by Gasteiger charge is -2.40. The zero-order chi connectivity index (χ0) is 15.2. The molecule has 1 saturated heterocycles. The third-order valence-electron chi connectivity index (χ3n) is 4.75. The summed E-state index contributed by atoms with van der Waals surface area (Å²) < 4.78 is 0. The van der Waals surface area contributed by atoms with Crippen LogP contribution in [0, 0.1) is 0 Å². The SMILES string of the molecule is C=CC1=C(C=C)CN(C)C(CN2CCN(CCO)CC2)C1. The number of allylic oxidation sites excluding steroid dienone is 1. The van der Waals surface area contributed by atoms with Crippen LogP contribution in [0.1, 0.15) is 6.42 Å². The molecule has 2 aliphatic heterocycles. The molecule has 0 aromatic carbocycles. The normalized spacial score (nSPS) is 26.1. The van der Waals surface area contributed by atoms with E-state index in [9.17, 15) is 0 Å². The maximum atomic E-state index is 9.00. The van der Waals surface area contributed by atoms with Gasteiger partial charge in [-0.15, -0.1) is 0 Å². The highest BCUT2D eigenvalue weighted by atomic mass is 16.3. The van der Waals surface area contributed by atoms with Crippen molar-refractivity contribution in [2.45, 2.75) is 12.5 Å². The summed E-state index contributed by atoms with van der Waals surface area (Å²) in [7, 11) is 2.20. The minimum atomic E-state index is 0.267. The summed E-state index contributed by atoms with van der Waals surface area (Å²) in [6.07, 6.45) is 5.03. The fraction of sp³-hybridized carbons (Fsp3) is 0.647. The van der Waals surface area contributed by atoms with Gasteiger partial charge in [0.05, 0.1) is 6.61 Å². The first-order valence-electron chi connectivity index (χ1n) is 7.90. The van der Waals surface area contributed by atoms with Gasteiger partial charge in [0, 0.05) is 51.9 Å². The summed E-state index contributed by atoms with van der Waals surface area (Å²) in [5, 5.41) is 9.00. The molecule has 21 heavy (non-hydrogen) atoms. The van der Waals surface area contributed by atoms with Gasteiger partial charge in [0.15, 0.2) is 0 Å². The van der Waals surface area contributed by atoms with Gasteiger partial charge in [-0.25, -0.2) is 0 Å². The first-order chi connectivity index (χ1) is 10.2. The first kappa shape index (κ1) is 16.4. The van der Waals surface area contributed by atoms with E-state index in [1.54, 1.807) is 0 Å². The Morgan fingerprint density at radius 3 is 2.29 bits per heavy atom. The van der Waals surface area contributed by atoms with Gasteiger partial charge in [0.25, 0.3) is 0 Å². The second-order valence-corrected chi connectivity index (χ2v) is 6.10. The predicted octanol–water partition coefficient (Wildman–Crippen LogP) is 0.969. The van der Waals surface area contributed by atoms with Crippen LogP contribution in [0.5, 0.6) is 0 Å². The Morgan fingerprint density at radius 1 is 1.10 bits per heavy atom. The van der Waals surface area contributed by atoms with Crippen molar-refractivity contribution in [2.75, 3.05) is 59.5 Å². The largest absolute Gasteiger partial charge is 0.395 e. The molecule has 0 bridgehead atoms. The lowest BCUT2D eigenvalue weighted by Crippen LogP contribution is -2.52. The third kappa shape index (κ3) is 4.27. The average Bonchev–Trinajstić information content (AvgIpc) is 2.51. The van der Waals surface area contributed by atoms with Gasteiger partial charge in [-0.3, -0.25) is 14.7 Å². The lowest BCUT2D eigenvalue weighted by molar-refractivity contribution is 0.0879. The van der Waals surface area contributed by atoms with Crippen molar-refractivity contribution in [3.63, 3.8) is 0 Å². The molecule has 0 aromatic heterocycles. The highest BCUT2D eigenvalue weighted by molar-refractivity contribution is 5.35. The molecular weight excluding hydrogens is 262 g/mol. The van der Waals surface area contributed by atoms with Crippen LogP contribution in [-0.4, -0.2) is 85.3 Å². The Hall–Kier alpha value is -0.940. The summed E-state index contributed by atoms with van der Waals surface area (Å²) in [5.41, 5.74) is 2.67. The fourth-order valence-electron chi connectivity index (χ4n) is 3.29. The van der Waals surface area contributed by atoms with Gasteiger partial charge in [0.1, 0.15) is 0 Å². The van der Waals surface area contributed by atoms with Crippen LogP contribution >= 0.6 is 0 Å². The Labute approximate surface area is 129 Å². The van der Waals surface area contributed by atoms with E-state index in [2.05, 4.69) is 34.9 Å². The van der Waals surface area contributed by atoms with E-state index in [1.165, 1.54) is 11.1 Å². The Morgan fingerprint density at radius 2 is 1.71 bits per heavy atom. The topological polar surface area (TPSA) is 30.0 Å². The number of aliphatic hydroxyl groups is 1. The summed E-state index contributed by atoms with van der Waals surface area (Å²) in [6.45, 7) is 15.4. The number of hydrogen-bond donors (Lipinski definition) is 1. The molecular formula is C17H29N3O. The van der Waals surface area contributed by atoms with Crippen molar-refractivity contribution in [1.82, 2.24) is 14.7 Å². The average molecular weight is 291 g/mol. The number of likely N-dealkylation sites (N-methyl/N-ethyl adjacent to an activating group) is 1. The summed E-state index contributed by atoms with van der Waals surface area (Å²) in [6, 6.07) is 0.561. The number of rotatable bonds is 6. The van der Waals surface area contributed by atoms with Crippen LogP contribution in [0.3, 0.4) is 0 Å². The molecule has 2 rings (SSSR count). The van der Waals surface area contributed by atoms with Crippen molar-refractivity contribution in [3.8, 4) is 0 Å². The molecule has 2 aliphatic rings. The van der Waals surface area contributed by atoms with Crippen molar-refractivity contribution in [2.24, 2.45) is 0 Å². The lowest BCUT2D eigenvalue weighted by atomic mass is 9.94. The summed E-state index contributed by atoms with van der Waals surface area (Å²) in [4.78, 5) is 7.32. The monoisotopic (exact) mass is 291 g/mol. The second kappa shape index (κ2) is 7.90.